The van der Waals surface area contributed by atoms with E-state index in [1.807, 2.05) is 38.1 Å². The Bertz CT molecular complexity index is 1090. The minimum absolute atomic E-state index is 0.621. The first-order valence-corrected chi connectivity index (χ1v) is 9.39. The van der Waals surface area contributed by atoms with Crippen LogP contribution in [0.5, 0.6) is 0 Å². The monoisotopic (exact) mass is 364 g/mol. The average molecular weight is 364 g/mol. The van der Waals surface area contributed by atoms with Crippen LogP contribution in [0.15, 0.2) is 48.5 Å². The van der Waals surface area contributed by atoms with E-state index in [4.69, 9.17) is 4.74 Å². The van der Waals surface area contributed by atoms with E-state index in [1.165, 1.54) is 12.5 Å². The summed E-state index contributed by atoms with van der Waals surface area (Å²) in [5.41, 5.74) is 1.38. The van der Waals surface area contributed by atoms with Crippen LogP contribution < -0.4 is 0 Å². The van der Waals surface area contributed by atoms with Crippen LogP contribution in [0.3, 0.4) is 0 Å². The van der Waals surface area contributed by atoms with Crippen LogP contribution in [0.4, 0.5) is 0 Å². The van der Waals surface area contributed by atoms with Crippen molar-refractivity contribution in [3.05, 3.63) is 59.7 Å². The Hall–Kier alpha value is -2.24. The molecule has 4 atom stereocenters. The molecule has 0 heterocycles. The first-order chi connectivity index (χ1) is 13.1. The lowest BCUT2D eigenvalue weighted by Crippen LogP contribution is -2.42. The summed E-state index contributed by atoms with van der Waals surface area (Å²) >= 11 is 0. The third kappa shape index (κ3) is 2.45. The molecule has 140 valence electrons. The van der Waals surface area contributed by atoms with E-state index in [1.54, 1.807) is 0 Å². The predicted molar refractivity (Wildman–Crippen MR) is 108 cm³/mol. The molecule has 1 aliphatic rings. The highest BCUT2D eigenvalue weighted by Crippen LogP contribution is 2.46. The molecule has 0 aliphatic heterocycles. The lowest BCUT2D eigenvalue weighted by Gasteiger charge is -2.37. The molecule has 4 aromatic carbocycles. The molecule has 1 unspecified atom stereocenters. The highest BCUT2D eigenvalue weighted by molar-refractivity contribution is 6.23. The molecule has 5 rings (SSSR count). The Morgan fingerprint density at radius 2 is 1.41 bits per heavy atom. The summed E-state index contributed by atoms with van der Waals surface area (Å²) in [4.78, 5) is 0. The van der Waals surface area contributed by atoms with E-state index < -0.39 is 24.4 Å². The van der Waals surface area contributed by atoms with E-state index in [0.717, 1.165) is 32.5 Å². The Labute approximate surface area is 158 Å². The number of benzene rings is 4. The van der Waals surface area contributed by atoms with Gasteiger partial charge in [0.05, 0.1) is 0 Å². The normalized spacial score (nSPS) is 24.8. The number of aliphatic hydroxyl groups is 3. The van der Waals surface area contributed by atoms with Gasteiger partial charge in [-0.15, -0.1) is 0 Å². The highest BCUT2D eigenvalue weighted by Gasteiger charge is 2.42. The van der Waals surface area contributed by atoms with E-state index in [9.17, 15) is 15.3 Å². The number of hydrogen-bond donors (Lipinski definition) is 3. The van der Waals surface area contributed by atoms with E-state index in [0.29, 0.717) is 5.56 Å². The second-order valence-corrected chi connectivity index (χ2v) is 6.82. The fourth-order valence-electron chi connectivity index (χ4n) is 4.39. The molecule has 27 heavy (non-hydrogen) atoms. The van der Waals surface area contributed by atoms with Crippen molar-refractivity contribution in [1.82, 2.24) is 0 Å². The van der Waals surface area contributed by atoms with Gasteiger partial charge in [-0.3, -0.25) is 0 Å². The molecule has 4 nitrogen and oxygen atoms in total. The summed E-state index contributed by atoms with van der Waals surface area (Å²) in [7, 11) is 1.51. The van der Waals surface area contributed by atoms with Gasteiger partial charge in [-0.25, -0.2) is 0 Å². The van der Waals surface area contributed by atoms with Gasteiger partial charge in [-0.1, -0.05) is 56.3 Å². The van der Waals surface area contributed by atoms with Gasteiger partial charge in [0.25, 0.3) is 0 Å². The molecule has 4 heteroatoms. The lowest BCUT2D eigenvalue weighted by molar-refractivity contribution is -0.129. The molecule has 3 N–H and O–H groups in total. The Morgan fingerprint density at radius 3 is 2.07 bits per heavy atom. The van der Waals surface area contributed by atoms with Crippen molar-refractivity contribution in [2.45, 2.75) is 38.3 Å². The van der Waals surface area contributed by atoms with Crippen LogP contribution in [0, 0.1) is 0 Å². The number of ether oxygens (including phenoxy) is 1. The van der Waals surface area contributed by atoms with Crippen molar-refractivity contribution in [3.8, 4) is 0 Å². The zero-order valence-corrected chi connectivity index (χ0v) is 15.7. The standard InChI is InChI=1S/C21H18O4.C2H6/c1-25-21-17-13-8-7-11-4-2-3-10-5-6-12(16(13)15(10)11)9-14(17)18(22)19(23)20(21)24;1-2/h2-9,18-24H,1H3;1-2H3/t18-,19?,20-,21+;/m1./s1. The summed E-state index contributed by atoms with van der Waals surface area (Å²) in [6.07, 6.45) is -4.27. The third-order valence-electron chi connectivity index (χ3n) is 5.56. The summed E-state index contributed by atoms with van der Waals surface area (Å²) in [5.74, 6) is 0. The molecule has 0 radical (unpaired) electrons. The van der Waals surface area contributed by atoms with Gasteiger partial charge in [0, 0.05) is 7.11 Å². The van der Waals surface area contributed by atoms with E-state index in [-0.39, 0.29) is 0 Å². The molecule has 0 saturated carbocycles. The second kappa shape index (κ2) is 6.73. The second-order valence-electron chi connectivity index (χ2n) is 6.82. The van der Waals surface area contributed by atoms with Gasteiger partial charge in [0.2, 0.25) is 0 Å². The molecule has 4 aromatic rings. The van der Waals surface area contributed by atoms with Crippen molar-refractivity contribution in [1.29, 1.82) is 0 Å². The summed E-state index contributed by atoms with van der Waals surface area (Å²) in [6, 6.07) is 16.3. The van der Waals surface area contributed by atoms with Crippen molar-refractivity contribution in [3.63, 3.8) is 0 Å². The van der Waals surface area contributed by atoms with Crippen LogP contribution >= 0.6 is 0 Å². The maximum absolute atomic E-state index is 10.5. The zero-order valence-electron chi connectivity index (χ0n) is 15.7. The number of methoxy groups -OCH3 is 1. The van der Waals surface area contributed by atoms with Crippen molar-refractivity contribution < 1.29 is 20.1 Å². The van der Waals surface area contributed by atoms with Crippen LogP contribution in [0.25, 0.3) is 32.3 Å². The van der Waals surface area contributed by atoms with Gasteiger partial charge in [0.1, 0.15) is 24.4 Å². The van der Waals surface area contributed by atoms with Gasteiger partial charge in [0.15, 0.2) is 0 Å². The molecule has 0 amide bonds. The number of fused-ring (bicyclic) bond motifs is 2. The highest BCUT2D eigenvalue weighted by atomic mass is 16.5. The predicted octanol–water partition coefficient (Wildman–Crippen LogP) is 4.07. The Balaban J connectivity index is 0.000000872. The molecule has 0 aromatic heterocycles. The molecule has 0 saturated heterocycles. The van der Waals surface area contributed by atoms with Crippen LogP contribution in [-0.2, 0) is 4.74 Å². The summed E-state index contributed by atoms with van der Waals surface area (Å²) < 4.78 is 5.52. The smallest absolute Gasteiger partial charge is 0.113 e. The van der Waals surface area contributed by atoms with Gasteiger partial charge in [-0.2, -0.15) is 0 Å². The lowest BCUT2D eigenvalue weighted by atomic mass is 9.78. The van der Waals surface area contributed by atoms with E-state index >= 15 is 0 Å². The topological polar surface area (TPSA) is 69.9 Å². The molecule has 0 fully saturated rings. The first kappa shape index (κ1) is 18.1. The minimum Gasteiger partial charge on any atom is -0.387 e. The minimum atomic E-state index is -1.27. The fraction of sp³-hybridized carbons (Fsp3) is 0.304. The molecule has 0 spiro atoms. The maximum atomic E-state index is 10.5. The zero-order chi connectivity index (χ0) is 19.3. The third-order valence-corrected chi connectivity index (χ3v) is 5.56. The average Bonchev–Trinajstić information content (AvgIpc) is 2.72. The van der Waals surface area contributed by atoms with Crippen LogP contribution in [0.1, 0.15) is 37.2 Å². The van der Waals surface area contributed by atoms with E-state index in [2.05, 4.69) is 24.3 Å². The fourth-order valence-corrected chi connectivity index (χ4v) is 4.39. The summed E-state index contributed by atoms with van der Waals surface area (Å²) in [6.45, 7) is 4.00. The van der Waals surface area contributed by atoms with Crippen molar-refractivity contribution in [2.24, 2.45) is 0 Å². The number of hydrogen-bond acceptors (Lipinski definition) is 4. The quantitative estimate of drug-likeness (QED) is 0.445. The van der Waals surface area contributed by atoms with Crippen molar-refractivity contribution >= 4 is 32.3 Å². The molecule has 0 bridgehead atoms. The number of aliphatic hydroxyl groups excluding tert-OH is 3. The Kier molecular flexibility index (Phi) is 4.52. The van der Waals surface area contributed by atoms with Crippen LogP contribution in [0.2, 0.25) is 0 Å². The number of rotatable bonds is 1. The molecular weight excluding hydrogens is 340 g/mol. The van der Waals surface area contributed by atoms with Gasteiger partial charge < -0.3 is 20.1 Å². The summed E-state index contributed by atoms with van der Waals surface area (Å²) in [5, 5.41) is 37.7. The first-order valence-electron chi connectivity index (χ1n) is 9.39. The van der Waals surface area contributed by atoms with Gasteiger partial charge >= 0.3 is 0 Å². The van der Waals surface area contributed by atoms with Gasteiger partial charge in [-0.05, 0) is 49.5 Å². The molecular formula is C23H24O4. The SMILES string of the molecule is CC.CO[C@H]1c2c(cc3ccc4cccc5ccc2c3c45)[C@@H](O)C(O)[C@H]1O. The Morgan fingerprint density at radius 1 is 0.778 bits per heavy atom. The molecule has 1 aliphatic carbocycles. The van der Waals surface area contributed by atoms with Crippen LogP contribution in [-0.4, -0.2) is 34.6 Å². The van der Waals surface area contributed by atoms with Crippen molar-refractivity contribution in [2.75, 3.05) is 7.11 Å². The maximum Gasteiger partial charge on any atom is 0.113 e. The largest absolute Gasteiger partial charge is 0.387 e.